The Morgan fingerprint density at radius 2 is 2.16 bits per heavy atom. The number of benzene rings is 1. The quantitative estimate of drug-likeness (QED) is 0.608. The van der Waals surface area contributed by atoms with Gasteiger partial charge in [-0.15, -0.1) is 12.3 Å². The molecule has 0 aliphatic carbocycles. The number of carboxylic acids is 1. The summed E-state index contributed by atoms with van der Waals surface area (Å²) in [6, 6.07) is 3.83. The van der Waals surface area contributed by atoms with E-state index in [1.165, 1.54) is 12.1 Å². The molecule has 1 aromatic carbocycles. The fraction of sp³-hybridized carbons (Fsp3) is 0.250. The third-order valence-corrected chi connectivity index (χ3v) is 4.42. The minimum Gasteiger partial charge on any atom is -0.478 e. The van der Waals surface area contributed by atoms with Crippen molar-refractivity contribution in [1.82, 2.24) is 4.72 Å². The molecule has 0 saturated carbocycles. The second-order valence-corrected chi connectivity index (χ2v) is 6.27. The molecule has 0 saturated heterocycles. The van der Waals surface area contributed by atoms with Gasteiger partial charge in [0.05, 0.1) is 10.5 Å². The lowest BCUT2D eigenvalue weighted by molar-refractivity contribution is 0.0695. The van der Waals surface area contributed by atoms with Gasteiger partial charge in [-0.25, -0.2) is 17.9 Å². The monoisotopic (exact) mass is 345 g/mol. The Morgan fingerprint density at radius 3 is 2.74 bits per heavy atom. The molecule has 0 unspecified atom stereocenters. The first kappa shape index (κ1) is 15.7. The lowest BCUT2D eigenvalue weighted by Gasteiger charge is -2.07. The Kier molecular flexibility index (Phi) is 5.54. The first-order valence-electron chi connectivity index (χ1n) is 5.34. The lowest BCUT2D eigenvalue weighted by Crippen LogP contribution is -2.25. The summed E-state index contributed by atoms with van der Waals surface area (Å²) >= 11 is 3.05. The molecule has 0 aromatic heterocycles. The SMILES string of the molecule is C#CCCCNS(=O)(=O)c1ccc(Br)c(C(=O)O)c1. The summed E-state index contributed by atoms with van der Waals surface area (Å²) < 4.78 is 26.5. The van der Waals surface area contributed by atoms with Gasteiger partial charge < -0.3 is 5.11 Å². The van der Waals surface area contributed by atoms with E-state index in [1.807, 2.05) is 0 Å². The number of carboxylic acid groups (broad SMARTS) is 1. The molecule has 102 valence electrons. The Morgan fingerprint density at radius 1 is 1.47 bits per heavy atom. The van der Waals surface area contributed by atoms with Crippen LogP contribution in [0.25, 0.3) is 0 Å². The zero-order valence-corrected chi connectivity index (χ0v) is 12.3. The first-order valence-corrected chi connectivity index (χ1v) is 7.62. The fourth-order valence-corrected chi connectivity index (χ4v) is 2.83. The summed E-state index contributed by atoms with van der Waals surface area (Å²) in [4.78, 5) is 10.8. The molecule has 1 rings (SSSR count). The van der Waals surface area contributed by atoms with Gasteiger partial charge in [-0.2, -0.15) is 0 Å². The standard InChI is InChI=1S/C12H12BrNO4S/c1-2-3-4-7-14-19(17,18)9-5-6-11(13)10(8-9)12(15)16/h1,5-6,8,14H,3-4,7H2,(H,15,16). The third-order valence-electron chi connectivity index (χ3n) is 2.27. The van der Waals surface area contributed by atoms with E-state index in [2.05, 4.69) is 26.6 Å². The minimum absolute atomic E-state index is 0.0891. The molecule has 0 radical (unpaired) electrons. The predicted molar refractivity (Wildman–Crippen MR) is 74.4 cm³/mol. The van der Waals surface area contributed by atoms with Crippen molar-refractivity contribution in [3.8, 4) is 12.3 Å². The average molecular weight is 346 g/mol. The van der Waals surface area contributed by atoms with Gasteiger partial charge in [0.2, 0.25) is 10.0 Å². The van der Waals surface area contributed by atoms with E-state index in [0.29, 0.717) is 17.3 Å². The van der Waals surface area contributed by atoms with Gasteiger partial charge in [-0.1, -0.05) is 0 Å². The van der Waals surface area contributed by atoms with Crippen LogP contribution in [0.5, 0.6) is 0 Å². The number of hydrogen-bond acceptors (Lipinski definition) is 3. The summed E-state index contributed by atoms with van der Waals surface area (Å²) in [5.74, 6) is 1.21. The van der Waals surface area contributed by atoms with Crippen LogP contribution in [-0.4, -0.2) is 26.0 Å². The number of hydrogen-bond donors (Lipinski definition) is 2. The number of sulfonamides is 1. The van der Waals surface area contributed by atoms with Crippen molar-refractivity contribution in [2.24, 2.45) is 0 Å². The summed E-state index contributed by atoms with van der Waals surface area (Å²) in [5.41, 5.74) is -0.105. The van der Waals surface area contributed by atoms with Crippen molar-refractivity contribution >= 4 is 31.9 Å². The molecule has 19 heavy (non-hydrogen) atoms. The van der Waals surface area contributed by atoms with E-state index < -0.39 is 16.0 Å². The molecule has 0 aliphatic rings. The maximum Gasteiger partial charge on any atom is 0.336 e. The van der Waals surface area contributed by atoms with Crippen LogP contribution in [0.4, 0.5) is 0 Å². The van der Waals surface area contributed by atoms with E-state index in [-0.39, 0.29) is 17.0 Å². The summed E-state index contributed by atoms with van der Waals surface area (Å²) in [6.45, 7) is 0.213. The fourth-order valence-electron chi connectivity index (χ4n) is 1.32. The summed E-state index contributed by atoms with van der Waals surface area (Å²) in [5, 5.41) is 8.93. The van der Waals surface area contributed by atoms with Crippen molar-refractivity contribution in [3.63, 3.8) is 0 Å². The number of terminal acetylenes is 1. The van der Waals surface area contributed by atoms with Crippen LogP contribution in [0.3, 0.4) is 0 Å². The molecular formula is C12H12BrNO4S. The van der Waals surface area contributed by atoms with Crippen LogP contribution in [0.2, 0.25) is 0 Å². The molecule has 0 bridgehead atoms. The van der Waals surface area contributed by atoms with Gasteiger partial charge in [0.1, 0.15) is 0 Å². The van der Waals surface area contributed by atoms with E-state index >= 15 is 0 Å². The van der Waals surface area contributed by atoms with Crippen LogP contribution in [0.15, 0.2) is 27.6 Å². The zero-order valence-electron chi connectivity index (χ0n) is 9.89. The highest BCUT2D eigenvalue weighted by Gasteiger charge is 2.17. The number of nitrogens with one attached hydrogen (secondary N) is 1. The van der Waals surface area contributed by atoms with Crippen molar-refractivity contribution < 1.29 is 18.3 Å². The molecule has 7 heteroatoms. The zero-order chi connectivity index (χ0) is 14.5. The van der Waals surface area contributed by atoms with Gasteiger partial charge in [-0.05, 0) is 40.5 Å². The average Bonchev–Trinajstić information content (AvgIpc) is 2.34. The molecule has 0 aliphatic heterocycles. The topological polar surface area (TPSA) is 83.5 Å². The molecule has 0 spiro atoms. The van der Waals surface area contributed by atoms with Crippen LogP contribution >= 0.6 is 15.9 Å². The second kappa shape index (κ2) is 6.70. The van der Waals surface area contributed by atoms with E-state index in [0.717, 1.165) is 6.07 Å². The Bertz CT molecular complexity index is 619. The van der Waals surface area contributed by atoms with Crippen LogP contribution in [-0.2, 0) is 10.0 Å². The van der Waals surface area contributed by atoms with Crippen LogP contribution in [0.1, 0.15) is 23.2 Å². The number of unbranched alkanes of at least 4 members (excludes halogenated alkanes) is 1. The third kappa shape index (κ3) is 4.35. The summed E-state index contributed by atoms with van der Waals surface area (Å²) in [6.07, 6.45) is 6.06. The van der Waals surface area contributed by atoms with Gasteiger partial charge in [-0.3, -0.25) is 0 Å². The van der Waals surface area contributed by atoms with Crippen LogP contribution < -0.4 is 4.72 Å². The highest BCUT2D eigenvalue weighted by Crippen LogP contribution is 2.21. The molecule has 2 N–H and O–H groups in total. The Hall–Kier alpha value is -1.36. The van der Waals surface area contributed by atoms with Crippen molar-refractivity contribution in [3.05, 3.63) is 28.2 Å². The molecule has 0 atom stereocenters. The number of rotatable bonds is 6. The minimum atomic E-state index is -3.72. The maximum atomic E-state index is 11.9. The normalized spacial score (nSPS) is 10.9. The molecule has 5 nitrogen and oxygen atoms in total. The van der Waals surface area contributed by atoms with Gasteiger partial charge in [0.25, 0.3) is 0 Å². The molecule has 0 heterocycles. The molecule has 1 aromatic rings. The Labute approximate surface area is 120 Å². The predicted octanol–water partition coefficient (Wildman–Crippen LogP) is 1.84. The molecular weight excluding hydrogens is 334 g/mol. The number of carbonyl (C=O) groups is 1. The van der Waals surface area contributed by atoms with Gasteiger partial charge in [0.15, 0.2) is 0 Å². The van der Waals surface area contributed by atoms with E-state index in [4.69, 9.17) is 11.5 Å². The van der Waals surface area contributed by atoms with Crippen molar-refractivity contribution in [2.75, 3.05) is 6.54 Å². The van der Waals surface area contributed by atoms with Gasteiger partial charge >= 0.3 is 5.97 Å². The van der Waals surface area contributed by atoms with Crippen LogP contribution in [0, 0.1) is 12.3 Å². The van der Waals surface area contributed by atoms with Crippen molar-refractivity contribution in [2.45, 2.75) is 17.7 Å². The maximum absolute atomic E-state index is 11.9. The van der Waals surface area contributed by atoms with Gasteiger partial charge in [0, 0.05) is 17.4 Å². The number of halogens is 1. The van der Waals surface area contributed by atoms with Crippen molar-refractivity contribution in [1.29, 1.82) is 0 Å². The molecule has 0 fully saturated rings. The largest absolute Gasteiger partial charge is 0.478 e. The van der Waals surface area contributed by atoms with E-state index in [9.17, 15) is 13.2 Å². The Balaban J connectivity index is 2.93. The second-order valence-electron chi connectivity index (χ2n) is 3.65. The number of aromatic carboxylic acids is 1. The van der Waals surface area contributed by atoms with E-state index in [1.54, 1.807) is 0 Å². The summed E-state index contributed by atoms with van der Waals surface area (Å²) in [7, 11) is -3.72. The first-order chi connectivity index (χ1) is 8.88. The highest BCUT2D eigenvalue weighted by atomic mass is 79.9. The lowest BCUT2D eigenvalue weighted by atomic mass is 10.2. The molecule has 0 amide bonds. The smallest absolute Gasteiger partial charge is 0.336 e. The highest BCUT2D eigenvalue weighted by molar-refractivity contribution is 9.10.